The summed E-state index contributed by atoms with van der Waals surface area (Å²) in [6.45, 7) is 0.866. The molecule has 0 aromatic heterocycles. The summed E-state index contributed by atoms with van der Waals surface area (Å²) in [5.74, 6) is 0.896. The Bertz CT molecular complexity index is 657. The zero-order valence-corrected chi connectivity index (χ0v) is 11.5. The van der Waals surface area contributed by atoms with Gasteiger partial charge in [0.25, 0.3) is 0 Å². The smallest absolute Gasteiger partial charge is 0.167 e. The van der Waals surface area contributed by atoms with E-state index in [0.717, 1.165) is 0 Å². The van der Waals surface area contributed by atoms with Crippen molar-refractivity contribution in [2.24, 2.45) is 0 Å². The number of fused-ring (bicyclic) bond motifs is 1. The van der Waals surface area contributed by atoms with Crippen molar-refractivity contribution in [3.8, 4) is 17.2 Å². The molecular formula is C16H15FO4. The van der Waals surface area contributed by atoms with Crippen molar-refractivity contribution in [3.63, 3.8) is 0 Å². The molecule has 2 aromatic carbocycles. The molecule has 0 aliphatic carbocycles. The van der Waals surface area contributed by atoms with E-state index in [0.29, 0.717) is 36.0 Å². The number of rotatable bonds is 3. The van der Waals surface area contributed by atoms with Crippen LogP contribution in [0.3, 0.4) is 0 Å². The molecule has 2 aromatic rings. The summed E-state index contributed by atoms with van der Waals surface area (Å²) >= 11 is 0. The van der Waals surface area contributed by atoms with Crippen molar-refractivity contribution < 1.29 is 23.7 Å². The molecule has 1 N–H and O–H groups in total. The summed E-state index contributed by atoms with van der Waals surface area (Å²) in [7, 11) is 1.46. The van der Waals surface area contributed by atoms with Gasteiger partial charge in [-0.3, -0.25) is 0 Å². The van der Waals surface area contributed by atoms with Crippen molar-refractivity contribution in [1.29, 1.82) is 0 Å². The minimum absolute atomic E-state index is 0.165. The molecule has 3 rings (SSSR count). The standard InChI is InChI=1S/C16H15FO4/c1-19-10-5-6-11(13(17)9-10)15(18)12-3-2-4-14-16(12)21-8-7-20-14/h2-6,9,15,18H,7-8H2,1H3. The van der Waals surface area contributed by atoms with Gasteiger partial charge in [-0.05, 0) is 18.2 Å². The van der Waals surface area contributed by atoms with Crippen LogP contribution in [0.1, 0.15) is 17.2 Å². The Balaban J connectivity index is 2.01. The van der Waals surface area contributed by atoms with E-state index in [1.54, 1.807) is 24.3 Å². The first kappa shape index (κ1) is 13.7. The zero-order chi connectivity index (χ0) is 14.8. The fourth-order valence-corrected chi connectivity index (χ4v) is 2.34. The van der Waals surface area contributed by atoms with E-state index in [1.165, 1.54) is 19.2 Å². The van der Waals surface area contributed by atoms with Crippen molar-refractivity contribution in [3.05, 3.63) is 53.3 Å². The first-order valence-corrected chi connectivity index (χ1v) is 6.60. The van der Waals surface area contributed by atoms with Crippen LogP contribution in [0, 0.1) is 5.82 Å². The van der Waals surface area contributed by atoms with Crippen LogP contribution in [-0.4, -0.2) is 25.4 Å². The summed E-state index contributed by atoms with van der Waals surface area (Å²) < 4.78 is 30.1. The predicted octanol–water partition coefficient (Wildman–Crippen LogP) is 2.69. The minimum Gasteiger partial charge on any atom is -0.497 e. The first-order valence-electron chi connectivity index (χ1n) is 6.60. The van der Waals surface area contributed by atoms with Crippen molar-refractivity contribution >= 4 is 0 Å². The van der Waals surface area contributed by atoms with E-state index in [4.69, 9.17) is 14.2 Å². The molecule has 0 saturated carbocycles. The molecule has 4 nitrogen and oxygen atoms in total. The predicted molar refractivity (Wildman–Crippen MR) is 74.4 cm³/mol. The SMILES string of the molecule is COc1ccc(C(O)c2cccc3c2OCCO3)c(F)c1. The number of aliphatic hydroxyl groups is 1. The molecule has 1 aliphatic rings. The molecule has 0 amide bonds. The van der Waals surface area contributed by atoms with Gasteiger partial charge in [0.2, 0.25) is 0 Å². The second kappa shape index (κ2) is 5.61. The average Bonchev–Trinajstić information content (AvgIpc) is 2.53. The van der Waals surface area contributed by atoms with E-state index < -0.39 is 11.9 Å². The highest BCUT2D eigenvalue weighted by Gasteiger charge is 2.23. The lowest BCUT2D eigenvalue weighted by Gasteiger charge is -2.23. The molecule has 0 fully saturated rings. The number of aliphatic hydroxyl groups excluding tert-OH is 1. The van der Waals surface area contributed by atoms with Crippen LogP contribution in [0.4, 0.5) is 4.39 Å². The molecule has 0 spiro atoms. The number of methoxy groups -OCH3 is 1. The number of ether oxygens (including phenoxy) is 3. The van der Waals surface area contributed by atoms with Crippen LogP contribution in [0.15, 0.2) is 36.4 Å². The van der Waals surface area contributed by atoms with Crippen LogP contribution in [0.25, 0.3) is 0 Å². The highest BCUT2D eigenvalue weighted by Crippen LogP contribution is 2.39. The Labute approximate surface area is 121 Å². The van der Waals surface area contributed by atoms with Gasteiger partial charge in [0, 0.05) is 17.2 Å². The second-order valence-electron chi connectivity index (χ2n) is 4.66. The third-order valence-corrected chi connectivity index (χ3v) is 3.39. The van der Waals surface area contributed by atoms with Crippen LogP contribution in [0.5, 0.6) is 17.2 Å². The Morgan fingerprint density at radius 1 is 1.14 bits per heavy atom. The Morgan fingerprint density at radius 2 is 1.95 bits per heavy atom. The number of hydrogen-bond donors (Lipinski definition) is 1. The van der Waals surface area contributed by atoms with E-state index in [9.17, 15) is 9.50 Å². The minimum atomic E-state index is -1.13. The molecule has 1 aliphatic heterocycles. The molecule has 0 radical (unpaired) electrons. The fraction of sp³-hybridized carbons (Fsp3) is 0.250. The molecule has 1 atom stereocenters. The second-order valence-corrected chi connectivity index (χ2v) is 4.66. The molecule has 110 valence electrons. The number of para-hydroxylation sites is 1. The van der Waals surface area contributed by atoms with E-state index in [-0.39, 0.29) is 5.56 Å². The van der Waals surface area contributed by atoms with Crippen LogP contribution in [0.2, 0.25) is 0 Å². The van der Waals surface area contributed by atoms with Crippen LogP contribution >= 0.6 is 0 Å². The number of halogens is 1. The molecule has 21 heavy (non-hydrogen) atoms. The van der Waals surface area contributed by atoms with Gasteiger partial charge in [-0.15, -0.1) is 0 Å². The van der Waals surface area contributed by atoms with Gasteiger partial charge in [0.05, 0.1) is 7.11 Å². The van der Waals surface area contributed by atoms with Gasteiger partial charge in [0.15, 0.2) is 11.5 Å². The average molecular weight is 290 g/mol. The Kier molecular flexibility index (Phi) is 3.66. The monoisotopic (exact) mass is 290 g/mol. The normalized spacial score (nSPS) is 14.6. The van der Waals surface area contributed by atoms with Gasteiger partial charge in [-0.2, -0.15) is 0 Å². The van der Waals surface area contributed by atoms with E-state index in [2.05, 4.69) is 0 Å². The first-order chi connectivity index (χ1) is 10.2. The Morgan fingerprint density at radius 3 is 2.71 bits per heavy atom. The molecule has 1 heterocycles. The number of benzene rings is 2. The van der Waals surface area contributed by atoms with Gasteiger partial charge in [-0.1, -0.05) is 12.1 Å². The maximum atomic E-state index is 14.1. The maximum Gasteiger partial charge on any atom is 0.167 e. The van der Waals surface area contributed by atoms with Crippen LogP contribution in [-0.2, 0) is 0 Å². The third-order valence-electron chi connectivity index (χ3n) is 3.39. The number of hydrogen-bond acceptors (Lipinski definition) is 4. The molecule has 1 unspecified atom stereocenters. The fourth-order valence-electron chi connectivity index (χ4n) is 2.34. The van der Waals surface area contributed by atoms with Crippen molar-refractivity contribution in [2.45, 2.75) is 6.10 Å². The van der Waals surface area contributed by atoms with Crippen molar-refractivity contribution in [1.82, 2.24) is 0 Å². The highest BCUT2D eigenvalue weighted by molar-refractivity contribution is 5.51. The summed E-state index contributed by atoms with van der Waals surface area (Å²) in [6.07, 6.45) is -1.13. The third kappa shape index (κ3) is 2.52. The lowest BCUT2D eigenvalue weighted by Crippen LogP contribution is -2.17. The van der Waals surface area contributed by atoms with Gasteiger partial charge in [0.1, 0.15) is 30.9 Å². The quantitative estimate of drug-likeness (QED) is 0.944. The molecule has 5 heteroatoms. The topological polar surface area (TPSA) is 47.9 Å². The van der Waals surface area contributed by atoms with Gasteiger partial charge < -0.3 is 19.3 Å². The van der Waals surface area contributed by atoms with Crippen LogP contribution < -0.4 is 14.2 Å². The van der Waals surface area contributed by atoms with Gasteiger partial charge >= 0.3 is 0 Å². The summed E-state index contributed by atoms with van der Waals surface area (Å²) in [5.41, 5.74) is 0.648. The summed E-state index contributed by atoms with van der Waals surface area (Å²) in [5, 5.41) is 10.5. The zero-order valence-electron chi connectivity index (χ0n) is 11.5. The van der Waals surface area contributed by atoms with E-state index in [1.807, 2.05) is 0 Å². The lowest BCUT2D eigenvalue weighted by atomic mass is 9.99. The molecular weight excluding hydrogens is 275 g/mol. The van der Waals surface area contributed by atoms with Crippen molar-refractivity contribution in [2.75, 3.05) is 20.3 Å². The summed E-state index contributed by atoms with van der Waals surface area (Å²) in [6, 6.07) is 9.55. The maximum absolute atomic E-state index is 14.1. The molecule has 0 saturated heterocycles. The lowest BCUT2D eigenvalue weighted by molar-refractivity contribution is 0.157. The van der Waals surface area contributed by atoms with Gasteiger partial charge in [-0.25, -0.2) is 4.39 Å². The molecule has 0 bridgehead atoms. The highest BCUT2D eigenvalue weighted by atomic mass is 19.1. The Hall–Kier alpha value is -2.27. The van der Waals surface area contributed by atoms with E-state index >= 15 is 0 Å². The summed E-state index contributed by atoms with van der Waals surface area (Å²) in [4.78, 5) is 0. The largest absolute Gasteiger partial charge is 0.497 e.